The molecule has 2 N–H and O–H groups in total. The molecule has 0 aliphatic rings. The largest absolute Gasteiger partial charge is 0.508 e. The Morgan fingerprint density at radius 3 is 2.68 bits per heavy atom. The summed E-state index contributed by atoms with van der Waals surface area (Å²) >= 11 is 0. The van der Waals surface area contributed by atoms with Gasteiger partial charge in [0.05, 0.1) is 11.7 Å². The Labute approximate surface area is 112 Å². The first kappa shape index (κ1) is 13.2. The highest BCUT2D eigenvalue weighted by atomic mass is 16.3. The van der Waals surface area contributed by atoms with Crippen LogP contribution in [-0.4, -0.2) is 9.67 Å². The van der Waals surface area contributed by atoms with E-state index in [4.69, 9.17) is 0 Å². The highest BCUT2D eigenvalue weighted by Crippen LogP contribution is 2.25. The van der Waals surface area contributed by atoms with Gasteiger partial charge in [0.15, 0.2) is 0 Å². The van der Waals surface area contributed by atoms with Crippen LogP contribution in [0.4, 0.5) is 5.69 Å². The van der Waals surface area contributed by atoms with Crippen molar-refractivity contribution in [1.82, 2.24) is 4.57 Å². The Morgan fingerprint density at radius 2 is 2.00 bits per heavy atom. The van der Waals surface area contributed by atoms with E-state index in [2.05, 4.69) is 5.32 Å². The number of aromatic nitrogens is 1. The molecule has 2 aromatic rings. The molecule has 0 radical (unpaired) electrons. The smallest absolute Gasteiger partial charge is 0.250 e. The van der Waals surface area contributed by atoms with Gasteiger partial charge in [-0.15, -0.1) is 0 Å². The molecule has 0 fully saturated rings. The highest BCUT2D eigenvalue weighted by Gasteiger charge is 2.09. The van der Waals surface area contributed by atoms with Gasteiger partial charge in [-0.25, -0.2) is 0 Å². The summed E-state index contributed by atoms with van der Waals surface area (Å²) in [5.41, 5.74) is 1.68. The molecular weight excluding hydrogens is 240 g/mol. The minimum Gasteiger partial charge on any atom is -0.508 e. The lowest BCUT2D eigenvalue weighted by atomic mass is 10.1. The third-order valence-electron chi connectivity index (χ3n) is 3.11. The molecule has 2 rings (SSSR count). The van der Waals surface area contributed by atoms with Crippen LogP contribution in [0.25, 0.3) is 0 Å². The van der Waals surface area contributed by atoms with Gasteiger partial charge in [-0.2, -0.15) is 0 Å². The summed E-state index contributed by atoms with van der Waals surface area (Å²) in [4.78, 5) is 11.5. The zero-order valence-electron chi connectivity index (χ0n) is 11.1. The Kier molecular flexibility index (Phi) is 3.90. The van der Waals surface area contributed by atoms with Gasteiger partial charge < -0.3 is 15.0 Å². The van der Waals surface area contributed by atoms with Gasteiger partial charge in [0.2, 0.25) is 0 Å². The fourth-order valence-electron chi connectivity index (χ4n) is 2.05. The molecule has 4 nitrogen and oxygen atoms in total. The number of aromatic hydroxyl groups is 1. The van der Waals surface area contributed by atoms with Crippen LogP contribution >= 0.6 is 0 Å². The third-order valence-corrected chi connectivity index (χ3v) is 3.11. The van der Waals surface area contributed by atoms with E-state index in [-0.39, 0.29) is 17.4 Å². The number of aryl methyl sites for hydroxylation is 1. The van der Waals surface area contributed by atoms with Crippen molar-refractivity contribution in [3.05, 3.63) is 58.5 Å². The van der Waals surface area contributed by atoms with Crippen LogP contribution < -0.4 is 10.9 Å². The molecule has 0 aliphatic carbocycles. The van der Waals surface area contributed by atoms with E-state index < -0.39 is 0 Å². The second-order valence-corrected chi connectivity index (χ2v) is 4.47. The number of nitrogens with zero attached hydrogens (tertiary/aromatic N) is 1. The number of phenolic OH excluding ortho intramolecular Hbond substituents is 1. The molecule has 0 spiro atoms. The number of rotatable bonds is 4. The van der Waals surface area contributed by atoms with Crippen molar-refractivity contribution < 1.29 is 5.11 Å². The standard InChI is InChI=1S/C15H18N2O2/c1-3-17-10-12(8-9-15(17)19)16-11(2)13-6-4-5-7-14(13)18/h4-11,16,18H,3H2,1-2H3. The number of pyridine rings is 1. The first-order valence-electron chi connectivity index (χ1n) is 6.36. The summed E-state index contributed by atoms with van der Waals surface area (Å²) in [6, 6.07) is 10.5. The molecule has 0 saturated carbocycles. The molecule has 1 unspecified atom stereocenters. The monoisotopic (exact) mass is 258 g/mol. The number of hydrogen-bond acceptors (Lipinski definition) is 3. The lowest BCUT2D eigenvalue weighted by molar-refractivity contribution is 0.465. The highest BCUT2D eigenvalue weighted by molar-refractivity contribution is 5.45. The fourth-order valence-corrected chi connectivity index (χ4v) is 2.05. The van der Waals surface area contributed by atoms with Crippen LogP contribution in [0, 0.1) is 0 Å². The topological polar surface area (TPSA) is 54.3 Å². The molecule has 1 atom stereocenters. The van der Waals surface area contributed by atoms with Crippen molar-refractivity contribution in [2.75, 3.05) is 5.32 Å². The van der Waals surface area contributed by atoms with Gasteiger partial charge in [-0.1, -0.05) is 18.2 Å². The zero-order chi connectivity index (χ0) is 13.8. The molecule has 0 bridgehead atoms. The summed E-state index contributed by atoms with van der Waals surface area (Å²) in [6.07, 6.45) is 1.79. The molecule has 1 heterocycles. The average Bonchev–Trinajstić information content (AvgIpc) is 2.41. The maximum Gasteiger partial charge on any atom is 0.250 e. The Morgan fingerprint density at radius 1 is 1.26 bits per heavy atom. The molecule has 0 amide bonds. The molecular formula is C15H18N2O2. The minimum absolute atomic E-state index is 0.0109. The third kappa shape index (κ3) is 2.96. The number of para-hydroxylation sites is 1. The van der Waals surface area contributed by atoms with Gasteiger partial charge in [0, 0.05) is 24.4 Å². The molecule has 1 aromatic carbocycles. The minimum atomic E-state index is -0.0380. The lowest BCUT2D eigenvalue weighted by Gasteiger charge is -2.17. The van der Waals surface area contributed by atoms with E-state index in [9.17, 15) is 9.90 Å². The summed E-state index contributed by atoms with van der Waals surface area (Å²) in [7, 11) is 0. The first-order valence-corrected chi connectivity index (χ1v) is 6.36. The predicted molar refractivity (Wildman–Crippen MR) is 76.5 cm³/mol. The van der Waals surface area contributed by atoms with Gasteiger partial charge >= 0.3 is 0 Å². The van der Waals surface area contributed by atoms with Crippen molar-refractivity contribution in [1.29, 1.82) is 0 Å². The second kappa shape index (κ2) is 5.61. The van der Waals surface area contributed by atoms with Crippen LogP contribution in [0.1, 0.15) is 25.5 Å². The normalized spacial score (nSPS) is 12.1. The van der Waals surface area contributed by atoms with Gasteiger partial charge in [-0.3, -0.25) is 4.79 Å². The Bertz CT molecular complexity index is 620. The molecule has 0 aliphatic heterocycles. The van der Waals surface area contributed by atoms with Crippen LogP contribution in [-0.2, 0) is 6.54 Å². The average molecular weight is 258 g/mol. The number of nitrogens with one attached hydrogen (secondary N) is 1. The maximum absolute atomic E-state index is 11.5. The van der Waals surface area contributed by atoms with Crippen molar-refractivity contribution in [2.24, 2.45) is 0 Å². The number of hydrogen-bond donors (Lipinski definition) is 2. The Balaban J connectivity index is 2.22. The molecule has 4 heteroatoms. The second-order valence-electron chi connectivity index (χ2n) is 4.47. The summed E-state index contributed by atoms with van der Waals surface area (Å²) in [5, 5.41) is 13.1. The van der Waals surface area contributed by atoms with Crippen LogP contribution in [0.15, 0.2) is 47.4 Å². The Hall–Kier alpha value is -2.23. The van der Waals surface area contributed by atoms with Crippen molar-refractivity contribution in [3.63, 3.8) is 0 Å². The van der Waals surface area contributed by atoms with Gasteiger partial charge in [0.1, 0.15) is 5.75 Å². The van der Waals surface area contributed by atoms with Crippen LogP contribution in [0.3, 0.4) is 0 Å². The van der Waals surface area contributed by atoms with E-state index in [1.54, 1.807) is 35.0 Å². The number of phenols is 1. The van der Waals surface area contributed by atoms with E-state index in [1.165, 1.54) is 0 Å². The number of anilines is 1. The van der Waals surface area contributed by atoms with Crippen molar-refractivity contribution in [2.45, 2.75) is 26.4 Å². The lowest BCUT2D eigenvalue weighted by Crippen LogP contribution is -2.18. The van der Waals surface area contributed by atoms with E-state index in [1.807, 2.05) is 26.0 Å². The number of benzene rings is 1. The van der Waals surface area contributed by atoms with E-state index >= 15 is 0 Å². The van der Waals surface area contributed by atoms with E-state index in [0.717, 1.165) is 11.3 Å². The van der Waals surface area contributed by atoms with Crippen molar-refractivity contribution in [3.8, 4) is 5.75 Å². The van der Waals surface area contributed by atoms with Gasteiger partial charge in [-0.05, 0) is 26.0 Å². The van der Waals surface area contributed by atoms with Gasteiger partial charge in [0.25, 0.3) is 5.56 Å². The quantitative estimate of drug-likeness (QED) is 0.886. The van der Waals surface area contributed by atoms with Crippen LogP contribution in [0.2, 0.25) is 0 Å². The predicted octanol–water partition coefficient (Wildman–Crippen LogP) is 2.75. The SMILES string of the molecule is CCn1cc(NC(C)c2ccccc2O)ccc1=O. The summed E-state index contributed by atoms with van der Waals surface area (Å²) in [5.74, 6) is 0.270. The molecule has 1 aromatic heterocycles. The van der Waals surface area contributed by atoms with Crippen LogP contribution in [0.5, 0.6) is 5.75 Å². The maximum atomic E-state index is 11.5. The molecule has 100 valence electrons. The zero-order valence-corrected chi connectivity index (χ0v) is 11.1. The van der Waals surface area contributed by atoms with E-state index in [0.29, 0.717) is 6.54 Å². The molecule has 19 heavy (non-hydrogen) atoms. The summed E-state index contributed by atoms with van der Waals surface area (Å²) in [6.45, 7) is 4.54. The fraction of sp³-hybridized carbons (Fsp3) is 0.267. The first-order chi connectivity index (χ1) is 9.11. The molecule has 0 saturated heterocycles. The summed E-state index contributed by atoms with van der Waals surface area (Å²) < 4.78 is 1.64. The van der Waals surface area contributed by atoms with Crippen molar-refractivity contribution >= 4 is 5.69 Å².